The Labute approximate surface area is 657 Å². The zero-order valence-electron chi connectivity index (χ0n) is 62.8. The summed E-state index contributed by atoms with van der Waals surface area (Å²) in [6.45, 7) is 11.9. The number of aromatic amines is 2. The number of ether oxygens (including phenoxy) is 8. The highest BCUT2D eigenvalue weighted by Crippen LogP contribution is 2.75. The van der Waals surface area contributed by atoms with Crippen molar-refractivity contribution in [3.8, 4) is 11.5 Å². The van der Waals surface area contributed by atoms with Gasteiger partial charge in [0.05, 0.1) is 119 Å². The second-order valence-electron chi connectivity index (χ2n) is 28.6. The quantitative estimate of drug-likeness (QED) is 0.00685. The van der Waals surface area contributed by atoms with Crippen molar-refractivity contribution >= 4 is 141 Å². The number of rotatable bonds is 43. The van der Waals surface area contributed by atoms with E-state index in [1.165, 1.54) is 23.1 Å². The Kier molecular flexibility index (Phi) is 29.3. The number of carbonyl (C=O) groups is 9. The van der Waals surface area contributed by atoms with Crippen molar-refractivity contribution in [1.82, 2.24) is 40.6 Å². The number of urea groups is 1. The molecule has 3 fully saturated rings. The molecule has 0 spiro atoms. The van der Waals surface area contributed by atoms with Crippen molar-refractivity contribution < 1.29 is 99.9 Å². The molecule has 604 valence electrons. The Morgan fingerprint density at radius 1 is 0.694 bits per heavy atom. The number of alkyl halides is 2. The summed E-state index contributed by atoms with van der Waals surface area (Å²) in [6.07, 6.45) is 6.62. The standard InChI is InChI=1S/C74H97Cl2N12O21PS/c1-44(2)63(83-56(89)15-20-101-22-24-103-26-28-105-30-31-106-29-27-104-25-23-102-21-19-86-57(90)13-14-58(86)91)67(93)82-51(8-7-16-78-70(77)96)66(92)81-50-11-9-47(10-12-50)40-107-71(97)84(5)17-18-85(6)72(111)108-54-32-52-61(59-45(3)36-79-64(54)59)48(34-75)38-87(52)68(94)73-41-74(42-73,43-73)69(95)88-39-49(35-76)62-53(88)33-55(109-110(98,99)100)65-60(62)46(4)37-80-65/h9-14,32-33,36-37,44,48-49,51,63,79-80H,7-8,15-31,34-35,38-43H2,1-6H3,(H,81,92)(H,82,93)(H,83,89)(H3,77,78,96)(H2,98,99,100). The number of nitrogens with zero attached hydrogens (tertiary/aromatic N) is 5. The van der Waals surface area contributed by atoms with Crippen LogP contribution in [0.3, 0.4) is 0 Å². The van der Waals surface area contributed by atoms with Gasteiger partial charge in [0.25, 0.3) is 17.0 Å². The van der Waals surface area contributed by atoms with Crippen molar-refractivity contribution in [1.29, 1.82) is 0 Å². The van der Waals surface area contributed by atoms with Gasteiger partial charge in [-0.05, 0) is 104 Å². The van der Waals surface area contributed by atoms with Crippen LogP contribution in [0.1, 0.15) is 92.0 Å². The molecule has 10 N–H and O–H groups in total. The fourth-order valence-corrected chi connectivity index (χ4v) is 15.7. The minimum Gasteiger partial charge on any atom is -0.445 e. The average Bonchev–Trinajstić information content (AvgIpc) is 1.58. The van der Waals surface area contributed by atoms with Gasteiger partial charge < -0.3 is 99.0 Å². The SMILES string of the molecule is Cc1c[nH]c2c(OC(=S)N(C)CCN(C)C(=O)OCc3ccc(NC(=O)C(CCCNC(N)=O)NC(=O)C(NC(=O)CCOCCOCCOCCOCCOCCOCCN4C(=O)C=CC4=O)C(C)C)cc3)cc3c(c12)C(CCl)CN3C(=O)C12CC(C(=O)N3CC(CCl)c4c3cc(OP(=O)(O)O)c3[nH]cc(C)c43)(C1)C2. The monoisotopic (exact) mass is 1620 g/mol. The van der Waals surface area contributed by atoms with E-state index >= 15 is 4.79 Å². The fourth-order valence-electron chi connectivity index (χ4n) is 14.6. The van der Waals surface area contributed by atoms with Gasteiger partial charge in [0.1, 0.15) is 18.7 Å². The van der Waals surface area contributed by atoms with E-state index in [0.717, 1.165) is 32.5 Å². The number of amides is 10. The van der Waals surface area contributed by atoms with Gasteiger partial charge in [0.15, 0.2) is 11.5 Å². The summed E-state index contributed by atoms with van der Waals surface area (Å²) >= 11 is 19.1. The number of benzene rings is 3. The Bertz CT molecular complexity index is 4290. The van der Waals surface area contributed by atoms with E-state index in [4.69, 9.17) is 83.6 Å². The van der Waals surface area contributed by atoms with Gasteiger partial charge in [-0.15, -0.1) is 23.2 Å². The van der Waals surface area contributed by atoms with Gasteiger partial charge in [-0.1, -0.05) is 26.0 Å². The van der Waals surface area contributed by atoms with Gasteiger partial charge >= 0.3 is 19.9 Å². The van der Waals surface area contributed by atoms with E-state index in [1.807, 2.05) is 20.0 Å². The number of phosphoric ester groups is 1. The van der Waals surface area contributed by atoms with Crippen molar-refractivity contribution in [3.63, 3.8) is 0 Å². The van der Waals surface area contributed by atoms with E-state index in [1.54, 1.807) is 79.2 Å². The minimum atomic E-state index is -4.99. The van der Waals surface area contributed by atoms with Crippen LogP contribution in [-0.4, -0.2) is 250 Å². The summed E-state index contributed by atoms with van der Waals surface area (Å²) < 4.78 is 62.3. The zero-order valence-corrected chi connectivity index (χ0v) is 66.1. The summed E-state index contributed by atoms with van der Waals surface area (Å²) in [5, 5.41) is 12.4. The number of H-pyrrole nitrogens is 2. The third-order valence-corrected chi connectivity index (χ3v) is 21.8. The highest BCUT2D eigenvalue weighted by Gasteiger charge is 2.76. The van der Waals surface area contributed by atoms with Crippen LogP contribution in [0.2, 0.25) is 0 Å². The van der Waals surface area contributed by atoms with Crippen LogP contribution < -0.4 is 46.1 Å². The first-order chi connectivity index (χ1) is 53.1. The van der Waals surface area contributed by atoms with E-state index in [0.29, 0.717) is 123 Å². The molecule has 3 aliphatic carbocycles. The van der Waals surface area contributed by atoms with E-state index < -0.39 is 60.6 Å². The average molecular weight is 1620 g/mol. The molecule has 5 heterocycles. The number of carbonyl (C=O) groups excluding carboxylic acids is 9. The van der Waals surface area contributed by atoms with E-state index in [-0.39, 0.29) is 149 Å². The largest absolute Gasteiger partial charge is 0.524 e. The molecule has 37 heteroatoms. The van der Waals surface area contributed by atoms with Crippen LogP contribution in [0.25, 0.3) is 21.8 Å². The first-order valence-corrected chi connectivity index (χ1v) is 39.7. The Balaban J connectivity index is 0.631. The molecule has 4 unspecified atom stereocenters. The van der Waals surface area contributed by atoms with Gasteiger partial charge in [-0.2, -0.15) is 0 Å². The van der Waals surface area contributed by atoms with E-state index in [9.17, 15) is 52.7 Å². The molecule has 2 bridgehead atoms. The molecule has 2 aromatic heterocycles. The van der Waals surface area contributed by atoms with Gasteiger partial charge in [0.2, 0.25) is 29.5 Å². The lowest BCUT2D eigenvalue weighted by Gasteiger charge is -2.69. The van der Waals surface area contributed by atoms with Crippen molar-refractivity contribution in [2.24, 2.45) is 22.5 Å². The van der Waals surface area contributed by atoms with Crippen LogP contribution in [-0.2, 0) is 77.9 Å². The van der Waals surface area contributed by atoms with Crippen LogP contribution in [0.5, 0.6) is 11.5 Å². The van der Waals surface area contributed by atoms with Crippen LogP contribution in [0, 0.1) is 30.6 Å². The highest BCUT2D eigenvalue weighted by atomic mass is 35.5. The number of phosphoric acid groups is 1. The number of aromatic nitrogens is 2. The first kappa shape index (κ1) is 84.9. The Morgan fingerprint density at radius 3 is 1.68 bits per heavy atom. The number of hydrogen-bond donors (Lipinski definition) is 9. The lowest BCUT2D eigenvalue weighted by molar-refractivity contribution is -0.205. The summed E-state index contributed by atoms with van der Waals surface area (Å²) in [5.41, 5.74) is 10.1. The van der Waals surface area contributed by atoms with Crippen LogP contribution >= 0.6 is 43.2 Å². The summed E-state index contributed by atoms with van der Waals surface area (Å²) in [7, 11) is -1.70. The number of primary amides is 1. The van der Waals surface area contributed by atoms with Gasteiger partial charge in [0, 0.05) is 130 Å². The number of halogens is 2. The van der Waals surface area contributed by atoms with E-state index in [2.05, 4.69) is 31.2 Å². The van der Waals surface area contributed by atoms with Crippen LogP contribution in [0.4, 0.5) is 26.7 Å². The highest BCUT2D eigenvalue weighted by molar-refractivity contribution is 7.80. The first-order valence-electron chi connectivity index (χ1n) is 36.7. The third kappa shape index (κ3) is 20.9. The number of nitrogens with two attached hydrogens (primary N) is 1. The zero-order chi connectivity index (χ0) is 79.9. The second-order valence-corrected chi connectivity index (χ2v) is 30.7. The molecule has 0 radical (unpaired) electrons. The number of fused-ring (bicyclic) bond motifs is 6. The number of imide groups is 1. The normalized spacial score (nSPS) is 18.7. The maximum absolute atomic E-state index is 15.0. The predicted octanol–water partition coefficient (Wildman–Crippen LogP) is 6.24. The van der Waals surface area contributed by atoms with Crippen LogP contribution in [0.15, 0.2) is 60.9 Å². The van der Waals surface area contributed by atoms with Gasteiger partial charge in [-0.25, -0.2) is 14.2 Å². The molecule has 3 saturated carbocycles. The molecule has 10 amide bonds. The molecule has 11 rings (SSSR count). The topological polar surface area (TPSA) is 416 Å². The Morgan fingerprint density at radius 2 is 1.18 bits per heavy atom. The van der Waals surface area contributed by atoms with Crippen molar-refractivity contribution in [2.75, 3.05) is 160 Å². The fraction of sp³-hybridized carbons (Fsp3) is 0.541. The number of hydrogen-bond acceptors (Lipinski definition) is 20. The number of aryl methyl sites for hydroxylation is 2. The molecule has 3 aliphatic heterocycles. The number of thiocarbonyl (C=S) groups is 1. The molecule has 111 heavy (non-hydrogen) atoms. The lowest BCUT2D eigenvalue weighted by Crippen LogP contribution is -2.73. The van der Waals surface area contributed by atoms with Crippen molar-refractivity contribution in [3.05, 3.63) is 88.8 Å². The maximum atomic E-state index is 15.0. The minimum absolute atomic E-state index is 0.0525. The van der Waals surface area contributed by atoms with Crippen molar-refractivity contribution in [2.45, 2.75) is 96.7 Å². The molecule has 6 aliphatic rings. The number of anilines is 3. The molecular weight excluding hydrogens is 1530 g/mol. The second kappa shape index (κ2) is 38.3. The molecule has 33 nitrogen and oxygen atoms in total. The molecular formula is C74H97Cl2N12O21PS. The third-order valence-electron chi connectivity index (χ3n) is 20.2. The summed E-state index contributed by atoms with van der Waals surface area (Å²) in [5.74, 6) is -2.82. The molecule has 5 aromatic rings. The lowest BCUT2D eigenvalue weighted by atomic mass is 9.34. The Hall–Kier alpha value is -8.51. The summed E-state index contributed by atoms with van der Waals surface area (Å²) in [6, 6.07) is 6.95. The molecule has 4 atom stereocenters. The number of likely N-dealkylation sites (N-methyl/N-ethyl adjacent to an activating group) is 2. The number of nitrogens with one attached hydrogen (secondary N) is 6. The summed E-state index contributed by atoms with van der Waals surface area (Å²) in [4.78, 5) is 152. The van der Waals surface area contributed by atoms with Gasteiger partial charge in [-0.3, -0.25) is 48.2 Å². The molecule has 3 aromatic carbocycles. The predicted molar refractivity (Wildman–Crippen MR) is 414 cm³/mol. The smallest absolute Gasteiger partial charge is 0.445 e. The molecule has 0 saturated heterocycles. The maximum Gasteiger partial charge on any atom is 0.524 e.